The van der Waals surface area contributed by atoms with Crippen LogP contribution in [0.5, 0.6) is 0 Å². The highest BCUT2D eigenvalue weighted by Crippen LogP contribution is 1.91. The number of aromatic amines is 1. The fourth-order valence-corrected chi connectivity index (χ4v) is 1.49. The van der Waals surface area contributed by atoms with E-state index >= 15 is 0 Å². The van der Waals surface area contributed by atoms with Crippen LogP contribution in [0.1, 0.15) is 26.0 Å². The van der Waals surface area contributed by atoms with Gasteiger partial charge in [-0.1, -0.05) is 13.8 Å². The van der Waals surface area contributed by atoms with Crippen molar-refractivity contribution in [2.75, 3.05) is 26.2 Å². The van der Waals surface area contributed by atoms with E-state index < -0.39 is 0 Å². The van der Waals surface area contributed by atoms with Gasteiger partial charge in [0, 0.05) is 6.54 Å². The Morgan fingerprint density at radius 2 is 2.20 bits per heavy atom. The molecular formula is C10H21N5. The highest BCUT2D eigenvalue weighted by Gasteiger charge is 1.98. The Kier molecular flexibility index (Phi) is 5.96. The summed E-state index contributed by atoms with van der Waals surface area (Å²) in [6, 6.07) is 0. The van der Waals surface area contributed by atoms with Gasteiger partial charge in [-0.05, 0) is 32.6 Å². The number of hydrogen-bond donors (Lipinski definition) is 2. The Morgan fingerprint density at radius 3 is 2.80 bits per heavy atom. The summed E-state index contributed by atoms with van der Waals surface area (Å²) in [5.74, 6) is 0. The van der Waals surface area contributed by atoms with E-state index in [9.17, 15) is 0 Å². The first-order valence-corrected chi connectivity index (χ1v) is 5.64. The van der Waals surface area contributed by atoms with Crippen LogP contribution < -0.4 is 5.32 Å². The van der Waals surface area contributed by atoms with Gasteiger partial charge in [0.05, 0.1) is 11.9 Å². The van der Waals surface area contributed by atoms with Crippen LogP contribution in [0.25, 0.3) is 0 Å². The molecule has 86 valence electrons. The molecule has 0 radical (unpaired) electrons. The van der Waals surface area contributed by atoms with Crippen LogP contribution >= 0.6 is 0 Å². The van der Waals surface area contributed by atoms with Gasteiger partial charge in [0.25, 0.3) is 0 Å². The third-order valence-corrected chi connectivity index (χ3v) is 2.49. The summed E-state index contributed by atoms with van der Waals surface area (Å²) < 4.78 is 0. The molecule has 0 saturated carbocycles. The summed E-state index contributed by atoms with van der Waals surface area (Å²) in [5, 5.41) is 13.7. The summed E-state index contributed by atoms with van der Waals surface area (Å²) >= 11 is 0. The minimum Gasteiger partial charge on any atom is -0.311 e. The van der Waals surface area contributed by atoms with Crippen molar-refractivity contribution in [2.24, 2.45) is 0 Å². The Balaban J connectivity index is 1.97. The Hall–Kier alpha value is -0.940. The second-order valence-electron chi connectivity index (χ2n) is 3.52. The number of aromatic nitrogens is 3. The van der Waals surface area contributed by atoms with Crippen molar-refractivity contribution in [2.45, 2.75) is 26.8 Å². The van der Waals surface area contributed by atoms with Crippen molar-refractivity contribution in [1.82, 2.24) is 25.6 Å². The van der Waals surface area contributed by atoms with Gasteiger partial charge in [0.1, 0.15) is 0 Å². The standard InChI is InChI=1S/C10H21N5/c1-3-15(4-2)7-5-6-11-8-10-9-12-14-13-10/h9,11H,3-8H2,1-2H3,(H,12,13,14). The van der Waals surface area contributed by atoms with Gasteiger partial charge < -0.3 is 10.2 Å². The molecule has 0 spiro atoms. The van der Waals surface area contributed by atoms with E-state index in [1.54, 1.807) is 6.20 Å². The van der Waals surface area contributed by atoms with E-state index in [2.05, 4.69) is 39.5 Å². The summed E-state index contributed by atoms with van der Waals surface area (Å²) in [6.07, 6.45) is 2.93. The minimum absolute atomic E-state index is 0.800. The third-order valence-electron chi connectivity index (χ3n) is 2.49. The smallest absolute Gasteiger partial charge is 0.0962 e. The molecule has 0 amide bonds. The maximum absolute atomic E-state index is 3.97. The maximum atomic E-state index is 3.97. The van der Waals surface area contributed by atoms with Crippen molar-refractivity contribution in [3.8, 4) is 0 Å². The second-order valence-corrected chi connectivity index (χ2v) is 3.52. The van der Waals surface area contributed by atoms with Crippen molar-refractivity contribution < 1.29 is 0 Å². The molecule has 5 heteroatoms. The monoisotopic (exact) mass is 211 g/mol. The summed E-state index contributed by atoms with van der Waals surface area (Å²) in [7, 11) is 0. The lowest BCUT2D eigenvalue weighted by atomic mass is 10.3. The number of nitrogens with one attached hydrogen (secondary N) is 2. The fraction of sp³-hybridized carbons (Fsp3) is 0.800. The average Bonchev–Trinajstić information content (AvgIpc) is 2.76. The SMILES string of the molecule is CCN(CC)CCCNCc1cn[nH]n1. The van der Waals surface area contributed by atoms with Gasteiger partial charge in [0.15, 0.2) is 0 Å². The molecule has 0 aliphatic heterocycles. The molecule has 0 aromatic carbocycles. The summed E-state index contributed by atoms with van der Waals surface area (Å²) in [5.41, 5.74) is 0.970. The zero-order chi connectivity index (χ0) is 10.9. The third kappa shape index (κ3) is 4.90. The van der Waals surface area contributed by atoms with Crippen LogP contribution in [-0.2, 0) is 6.54 Å². The number of H-pyrrole nitrogens is 1. The van der Waals surface area contributed by atoms with Gasteiger partial charge in [-0.25, -0.2) is 0 Å². The van der Waals surface area contributed by atoms with Gasteiger partial charge in [0.2, 0.25) is 0 Å². The fourth-order valence-electron chi connectivity index (χ4n) is 1.49. The largest absolute Gasteiger partial charge is 0.311 e. The minimum atomic E-state index is 0.800. The molecular weight excluding hydrogens is 190 g/mol. The number of nitrogens with zero attached hydrogens (tertiary/aromatic N) is 3. The van der Waals surface area contributed by atoms with Crippen LogP contribution in [0.3, 0.4) is 0 Å². The quantitative estimate of drug-likeness (QED) is 0.619. The molecule has 2 N–H and O–H groups in total. The number of hydrogen-bond acceptors (Lipinski definition) is 4. The molecule has 1 rings (SSSR count). The lowest BCUT2D eigenvalue weighted by molar-refractivity contribution is 0.298. The zero-order valence-electron chi connectivity index (χ0n) is 9.66. The van der Waals surface area contributed by atoms with Crippen molar-refractivity contribution in [3.63, 3.8) is 0 Å². The Labute approximate surface area is 91.2 Å². The van der Waals surface area contributed by atoms with E-state index in [-0.39, 0.29) is 0 Å². The predicted octanol–water partition coefficient (Wildman–Crippen LogP) is 0.626. The first-order valence-electron chi connectivity index (χ1n) is 5.64. The Morgan fingerprint density at radius 1 is 1.40 bits per heavy atom. The second kappa shape index (κ2) is 7.36. The lowest BCUT2D eigenvalue weighted by Crippen LogP contribution is -2.27. The summed E-state index contributed by atoms with van der Waals surface area (Å²) in [4.78, 5) is 2.43. The van der Waals surface area contributed by atoms with Gasteiger partial charge in [-0.3, -0.25) is 0 Å². The highest BCUT2D eigenvalue weighted by molar-refractivity contribution is 4.88. The molecule has 0 atom stereocenters. The van der Waals surface area contributed by atoms with E-state index in [0.717, 1.165) is 31.9 Å². The van der Waals surface area contributed by atoms with Crippen LogP contribution in [0.15, 0.2) is 6.20 Å². The van der Waals surface area contributed by atoms with Crippen LogP contribution in [0.2, 0.25) is 0 Å². The van der Waals surface area contributed by atoms with Crippen LogP contribution in [-0.4, -0.2) is 46.5 Å². The average molecular weight is 211 g/mol. The molecule has 0 saturated heterocycles. The molecule has 0 unspecified atom stereocenters. The highest BCUT2D eigenvalue weighted by atomic mass is 15.3. The van der Waals surface area contributed by atoms with Crippen molar-refractivity contribution >= 4 is 0 Å². The molecule has 15 heavy (non-hydrogen) atoms. The normalized spacial score (nSPS) is 11.1. The molecule has 0 bridgehead atoms. The van der Waals surface area contributed by atoms with Crippen molar-refractivity contribution in [1.29, 1.82) is 0 Å². The van der Waals surface area contributed by atoms with E-state index in [0.29, 0.717) is 0 Å². The lowest BCUT2D eigenvalue weighted by Gasteiger charge is -2.17. The maximum Gasteiger partial charge on any atom is 0.0962 e. The topological polar surface area (TPSA) is 56.8 Å². The molecule has 1 aromatic heterocycles. The van der Waals surface area contributed by atoms with Gasteiger partial charge in [-0.15, -0.1) is 0 Å². The van der Waals surface area contributed by atoms with E-state index in [4.69, 9.17) is 0 Å². The summed E-state index contributed by atoms with van der Waals surface area (Å²) in [6.45, 7) is 9.68. The predicted molar refractivity (Wildman–Crippen MR) is 60.5 cm³/mol. The van der Waals surface area contributed by atoms with Crippen molar-refractivity contribution in [3.05, 3.63) is 11.9 Å². The van der Waals surface area contributed by atoms with Crippen LogP contribution in [0, 0.1) is 0 Å². The van der Waals surface area contributed by atoms with Crippen LogP contribution in [0.4, 0.5) is 0 Å². The molecule has 5 nitrogen and oxygen atoms in total. The molecule has 1 aromatic rings. The Bertz CT molecular complexity index is 230. The van der Waals surface area contributed by atoms with E-state index in [1.165, 1.54) is 13.0 Å². The molecule has 0 fully saturated rings. The van der Waals surface area contributed by atoms with Gasteiger partial charge >= 0.3 is 0 Å². The zero-order valence-corrected chi connectivity index (χ0v) is 9.66. The molecule has 0 aliphatic rings. The molecule has 0 aliphatic carbocycles. The van der Waals surface area contributed by atoms with Gasteiger partial charge in [-0.2, -0.15) is 15.4 Å². The number of rotatable bonds is 8. The molecule has 1 heterocycles. The first-order chi connectivity index (χ1) is 7.36. The first kappa shape index (κ1) is 12.1. The van der Waals surface area contributed by atoms with E-state index in [1.807, 2.05) is 0 Å².